The van der Waals surface area contributed by atoms with Crippen molar-refractivity contribution in [2.45, 2.75) is 26.3 Å². The van der Waals surface area contributed by atoms with Gasteiger partial charge in [-0.1, -0.05) is 12.1 Å². The fraction of sp³-hybridized carbons (Fsp3) is 0.500. The summed E-state index contributed by atoms with van der Waals surface area (Å²) in [4.78, 5) is 4.60. The summed E-state index contributed by atoms with van der Waals surface area (Å²) in [5.74, 6) is 3.32. The maximum absolute atomic E-state index is 13.3. The van der Waals surface area contributed by atoms with Gasteiger partial charge in [0.15, 0.2) is 11.8 Å². The van der Waals surface area contributed by atoms with Crippen molar-refractivity contribution in [1.82, 2.24) is 25.4 Å². The molecule has 2 rings (SSSR count). The molecule has 0 atom stereocenters. The van der Waals surface area contributed by atoms with Crippen LogP contribution in [0.3, 0.4) is 0 Å². The molecule has 0 aliphatic heterocycles. The minimum absolute atomic E-state index is 0.204. The summed E-state index contributed by atoms with van der Waals surface area (Å²) in [6.07, 6.45) is 3.89. The van der Waals surface area contributed by atoms with E-state index in [9.17, 15) is 4.39 Å². The fourth-order valence-corrected chi connectivity index (χ4v) is 2.79. The number of aliphatic imine (C=N–C) groups is 1. The molecule has 0 aliphatic rings. The van der Waals surface area contributed by atoms with E-state index in [1.54, 1.807) is 12.1 Å². The number of halogens is 1. The maximum Gasteiger partial charge on any atom is 0.191 e. The fourth-order valence-electron chi connectivity index (χ4n) is 2.35. The number of nitrogens with one attached hydrogen (secondary N) is 2. The monoisotopic (exact) mass is 378 g/mol. The normalized spacial score (nSPS) is 11.6. The Hall–Kier alpha value is -2.09. The minimum atomic E-state index is -0.204. The Morgan fingerprint density at radius 2 is 2.08 bits per heavy atom. The molecule has 1 aromatic heterocycles. The first kappa shape index (κ1) is 20.2. The molecule has 0 amide bonds. The molecule has 8 heteroatoms. The molecule has 0 radical (unpaired) electrons. The van der Waals surface area contributed by atoms with Crippen LogP contribution in [0.5, 0.6) is 0 Å². The molecule has 1 heterocycles. The Labute approximate surface area is 158 Å². The number of guanidine groups is 1. The Kier molecular flexibility index (Phi) is 8.40. The van der Waals surface area contributed by atoms with Crippen molar-refractivity contribution in [1.29, 1.82) is 0 Å². The van der Waals surface area contributed by atoms with Gasteiger partial charge in [0.25, 0.3) is 0 Å². The molecule has 0 bridgehead atoms. The van der Waals surface area contributed by atoms with E-state index >= 15 is 0 Å². The van der Waals surface area contributed by atoms with E-state index < -0.39 is 0 Å². The third kappa shape index (κ3) is 6.67. The molecule has 0 saturated heterocycles. The van der Waals surface area contributed by atoms with Gasteiger partial charge in [0.05, 0.1) is 0 Å². The molecule has 142 valence electrons. The average Bonchev–Trinajstić information content (AvgIpc) is 2.94. The molecule has 2 aromatic rings. The van der Waals surface area contributed by atoms with Crippen LogP contribution in [-0.2, 0) is 20.0 Å². The number of thioether (sulfide) groups is 1. The molecule has 26 heavy (non-hydrogen) atoms. The molecular weight excluding hydrogens is 351 g/mol. The molecule has 6 nitrogen and oxygen atoms in total. The lowest BCUT2D eigenvalue weighted by molar-refractivity contribution is 0.625. The second kappa shape index (κ2) is 10.8. The van der Waals surface area contributed by atoms with Gasteiger partial charge in [0.1, 0.15) is 18.2 Å². The summed E-state index contributed by atoms with van der Waals surface area (Å²) in [6.45, 7) is 3.90. The summed E-state index contributed by atoms with van der Waals surface area (Å²) in [5, 5.41) is 14.9. The molecule has 0 spiro atoms. The van der Waals surface area contributed by atoms with E-state index in [0.717, 1.165) is 48.3 Å². The number of hydrogen-bond donors (Lipinski definition) is 2. The quantitative estimate of drug-likeness (QED) is 0.398. The third-order valence-electron chi connectivity index (χ3n) is 3.97. The molecule has 0 fully saturated rings. The van der Waals surface area contributed by atoms with Crippen molar-refractivity contribution >= 4 is 17.7 Å². The van der Waals surface area contributed by atoms with Crippen LogP contribution in [0.1, 0.15) is 23.6 Å². The number of aryl methyl sites for hydroxylation is 1. The van der Waals surface area contributed by atoms with Crippen LogP contribution in [0.4, 0.5) is 4.39 Å². The van der Waals surface area contributed by atoms with Gasteiger partial charge < -0.3 is 15.2 Å². The zero-order valence-electron chi connectivity index (χ0n) is 15.6. The van der Waals surface area contributed by atoms with Gasteiger partial charge in [-0.2, -0.15) is 11.8 Å². The van der Waals surface area contributed by atoms with Gasteiger partial charge in [-0.25, -0.2) is 9.38 Å². The van der Waals surface area contributed by atoms with Gasteiger partial charge in [-0.05, 0) is 49.5 Å². The summed E-state index contributed by atoms with van der Waals surface area (Å²) >= 11 is 1.83. The lowest BCUT2D eigenvalue weighted by atomic mass is 10.1. The van der Waals surface area contributed by atoms with Crippen molar-refractivity contribution < 1.29 is 4.39 Å². The minimum Gasteiger partial charge on any atom is -0.356 e. The Morgan fingerprint density at radius 1 is 1.27 bits per heavy atom. The first-order chi connectivity index (χ1) is 12.6. The molecular formula is C18H27FN6S. The third-order valence-corrected chi connectivity index (χ3v) is 4.67. The van der Waals surface area contributed by atoms with E-state index in [-0.39, 0.29) is 5.82 Å². The van der Waals surface area contributed by atoms with Crippen LogP contribution >= 0.6 is 11.8 Å². The zero-order chi connectivity index (χ0) is 18.8. The van der Waals surface area contributed by atoms with Gasteiger partial charge in [0, 0.05) is 20.1 Å². The highest BCUT2D eigenvalue weighted by molar-refractivity contribution is 7.98. The van der Waals surface area contributed by atoms with Gasteiger partial charge in [-0.15, -0.1) is 10.2 Å². The van der Waals surface area contributed by atoms with Gasteiger partial charge in [0.2, 0.25) is 0 Å². The largest absolute Gasteiger partial charge is 0.356 e. The highest BCUT2D eigenvalue weighted by atomic mass is 32.2. The van der Waals surface area contributed by atoms with E-state index in [1.165, 1.54) is 6.07 Å². The standard InChI is InChI=1S/C18H27FN6S/c1-14-23-24-17(25(14)2)13-22-18(20-9-5-11-26-3)21-10-8-15-6-4-7-16(19)12-15/h4,6-7,12H,5,8-11,13H2,1-3H3,(H2,20,21,22). The van der Waals surface area contributed by atoms with Crippen molar-refractivity contribution in [2.24, 2.45) is 12.0 Å². The second-order valence-electron chi connectivity index (χ2n) is 5.97. The van der Waals surface area contributed by atoms with Crippen LogP contribution in [0.15, 0.2) is 29.3 Å². The summed E-state index contributed by atoms with van der Waals surface area (Å²) in [7, 11) is 1.93. The van der Waals surface area contributed by atoms with Crippen LogP contribution in [-0.4, -0.2) is 45.8 Å². The number of rotatable bonds is 9. The first-order valence-corrected chi connectivity index (χ1v) is 10.1. The van der Waals surface area contributed by atoms with Crippen LogP contribution in [0.2, 0.25) is 0 Å². The predicted molar refractivity (Wildman–Crippen MR) is 106 cm³/mol. The van der Waals surface area contributed by atoms with E-state index in [1.807, 2.05) is 36.4 Å². The zero-order valence-corrected chi connectivity index (χ0v) is 16.4. The topological polar surface area (TPSA) is 67.1 Å². The Balaban J connectivity index is 1.91. The second-order valence-corrected chi connectivity index (χ2v) is 6.95. The van der Waals surface area contributed by atoms with Crippen LogP contribution < -0.4 is 10.6 Å². The van der Waals surface area contributed by atoms with Crippen molar-refractivity contribution in [3.8, 4) is 0 Å². The smallest absolute Gasteiger partial charge is 0.191 e. The predicted octanol–water partition coefficient (Wildman–Crippen LogP) is 2.29. The van der Waals surface area contributed by atoms with Crippen molar-refractivity contribution in [3.05, 3.63) is 47.3 Å². The Bertz CT molecular complexity index is 715. The molecule has 1 aromatic carbocycles. The SMILES string of the molecule is CSCCCNC(=NCc1nnc(C)n1C)NCCc1cccc(F)c1. The average molecular weight is 379 g/mol. The number of aromatic nitrogens is 3. The lowest BCUT2D eigenvalue weighted by Gasteiger charge is -2.12. The summed E-state index contributed by atoms with van der Waals surface area (Å²) < 4.78 is 15.2. The highest BCUT2D eigenvalue weighted by Gasteiger charge is 2.05. The summed E-state index contributed by atoms with van der Waals surface area (Å²) in [6, 6.07) is 6.68. The number of hydrogen-bond acceptors (Lipinski definition) is 4. The Morgan fingerprint density at radius 3 is 2.77 bits per heavy atom. The van der Waals surface area contributed by atoms with Crippen LogP contribution in [0, 0.1) is 12.7 Å². The molecule has 0 unspecified atom stereocenters. The van der Waals surface area contributed by atoms with E-state index in [0.29, 0.717) is 13.1 Å². The molecule has 0 saturated carbocycles. The summed E-state index contributed by atoms with van der Waals surface area (Å²) in [5.41, 5.74) is 0.961. The molecule has 0 aliphatic carbocycles. The van der Waals surface area contributed by atoms with E-state index in [2.05, 4.69) is 32.1 Å². The lowest BCUT2D eigenvalue weighted by Crippen LogP contribution is -2.39. The van der Waals surface area contributed by atoms with Crippen LogP contribution in [0.25, 0.3) is 0 Å². The van der Waals surface area contributed by atoms with Crippen molar-refractivity contribution in [2.75, 3.05) is 25.1 Å². The van der Waals surface area contributed by atoms with Gasteiger partial charge >= 0.3 is 0 Å². The number of nitrogens with zero attached hydrogens (tertiary/aromatic N) is 4. The number of benzene rings is 1. The van der Waals surface area contributed by atoms with Crippen molar-refractivity contribution in [3.63, 3.8) is 0 Å². The maximum atomic E-state index is 13.3. The first-order valence-electron chi connectivity index (χ1n) is 8.70. The molecule has 2 N–H and O–H groups in total. The highest BCUT2D eigenvalue weighted by Crippen LogP contribution is 2.04. The van der Waals surface area contributed by atoms with E-state index in [4.69, 9.17) is 0 Å². The van der Waals surface area contributed by atoms with Gasteiger partial charge in [-0.3, -0.25) is 0 Å².